The van der Waals surface area contributed by atoms with Crippen LogP contribution in [-0.4, -0.2) is 22.5 Å². The van der Waals surface area contributed by atoms with Gasteiger partial charge in [0.05, 0.1) is 11.3 Å². The Morgan fingerprint density at radius 1 is 1.32 bits per heavy atom. The molecule has 1 aliphatic rings. The minimum Gasteiger partial charge on any atom is -0.441 e. The summed E-state index contributed by atoms with van der Waals surface area (Å²) in [6.07, 6.45) is 3.63. The molecule has 118 valence electrons. The van der Waals surface area contributed by atoms with Crippen molar-refractivity contribution in [1.29, 1.82) is 0 Å². The molecule has 0 spiro atoms. The standard InChI is InChI=1S/C17H20F2N2O/c1-11-6-3-4-9-21(11)10-15-12(2)22-17(20-15)13-7-5-8-14(18)16(13)19/h5,7-8,11H,3-4,6,9-10H2,1-2H3/t11-/m1/s1. The van der Waals surface area contributed by atoms with Crippen molar-refractivity contribution < 1.29 is 13.2 Å². The second-order valence-corrected chi connectivity index (χ2v) is 5.94. The minimum absolute atomic E-state index is 0.0704. The summed E-state index contributed by atoms with van der Waals surface area (Å²) in [4.78, 5) is 6.76. The highest BCUT2D eigenvalue weighted by molar-refractivity contribution is 5.54. The lowest BCUT2D eigenvalue weighted by atomic mass is 10.0. The Kier molecular flexibility index (Phi) is 4.25. The van der Waals surface area contributed by atoms with Gasteiger partial charge in [0.15, 0.2) is 11.6 Å². The highest BCUT2D eigenvalue weighted by Crippen LogP contribution is 2.27. The Labute approximate surface area is 129 Å². The minimum atomic E-state index is -0.915. The van der Waals surface area contributed by atoms with Crippen LogP contribution in [0.3, 0.4) is 0 Å². The van der Waals surface area contributed by atoms with E-state index in [2.05, 4.69) is 16.8 Å². The third kappa shape index (κ3) is 2.90. The van der Waals surface area contributed by atoms with Crippen molar-refractivity contribution in [2.24, 2.45) is 0 Å². The first-order valence-corrected chi connectivity index (χ1v) is 7.71. The lowest BCUT2D eigenvalue weighted by molar-refractivity contribution is 0.150. The van der Waals surface area contributed by atoms with Crippen LogP contribution in [0.4, 0.5) is 8.78 Å². The number of aryl methyl sites for hydroxylation is 1. The molecular weight excluding hydrogens is 286 g/mol. The van der Waals surface area contributed by atoms with Crippen LogP contribution in [0, 0.1) is 18.6 Å². The molecule has 5 heteroatoms. The molecule has 1 aliphatic heterocycles. The summed E-state index contributed by atoms with van der Waals surface area (Å²) in [5.41, 5.74) is 0.869. The van der Waals surface area contributed by atoms with E-state index in [1.165, 1.54) is 31.4 Å². The number of benzene rings is 1. The first-order valence-electron chi connectivity index (χ1n) is 7.71. The van der Waals surface area contributed by atoms with Crippen molar-refractivity contribution >= 4 is 0 Å². The summed E-state index contributed by atoms with van der Waals surface area (Å²) in [7, 11) is 0. The largest absolute Gasteiger partial charge is 0.441 e. The maximum atomic E-state index is 13.9. The molecule has 0 saturated carbocycles. The molecule has 0 radical (unpaired) electrons. The van der Waals surface area contributed by atoms with Crippen molar-refractivity contribution in [2.75, 3.05) is 6.54 Å². The molecule has 1 aromatic heterocycles. The van der Waals surface area contributed by atoms with Gasteiger partial charge in [0.1, 0.15) is 5.76 Å². The fourth-order valence-corrected chi connectivity index (χ4v) is 2.94. The Morgan fingerprint density at radius 2 is 2.14 bits per heavy atom. The van der Waals surface area contributed by atoms with E-state index >= 15 is 0 Å². The van der Waals surface area contributed by atoms with Crippen molar-refractivity contribution in [1.82, 2.24) is 9.88 Å². The van der Waals surface area contributed by atoms with Crippen LogP contribution in [0.1, 0.15) is 37.6 Å². The smallest absolute Gasteiger partial charge is 0.229 e. The molecule has 3 rings (SSSR count). The van der Waals surface area contributed by atoms with Gasteiger partial charge in [-0.3, -0.25) is 4.90 Å². The van der Waals surface area contributed by atoms with Gasteiger partial charge >= 0.3 is 0 Å². The Hall–Kier alpha value is -1.75. The first-order chi connectivity index (χ1) is 10.6. The average molecular weight is 306 g/mol. The van der Waals surface area contributed by atoms with Crippen molar-refractivity contribution in [3.63, 3.8) is 0 Å². The van der Waals surface area contributed by atoms with Gasteiger partial charge in [-0.05, 0) is 45.4 Å². The molecule has 2 heterocycles. The third-order valence-corrected chi connectivity index (χ3v) is 4.37. The molecule has 0 N–H and O–H groups in total. The van der Waals surface area contributed by atoms with E-state index in [-0.39, 0.29) is 11.5 Å². The van der Waals surface area contributed by atoms with Gasteiger partial charge in [0.25, 0.3) is 0 Å². The molecule has 1 aromatic carbocycles. The van der Waals surface area contributed by atoms with Crippen molar-refractivity contribution in [2.45, 2.75) is 45.7 Å². The van der Waals surface area contributed by atoms with E-state index in [1.54, 1.807) is 0 Å². The highest BCUT2D eigenvalue weighted by atomic mass is 19.2. The van der Waals surface area contributed by atoms with E-state index in [4.69, 9.17) is 4.42 Å². The van der Waals surface area contributed by atoms with Crippen LogP contribution in [-0.2, 0) is 6.54 Å². The highest BCUT2D eigenvalue weighted by Gasteiger charge is 2.22. The number of oxazole rings is 1. The number of aromatic nitrogens is 1. The SMILES string of the molecule is Cc1oc(-c2cccc(F)c2F)nc1CN1CCCC[C@H]1C. The number of rotatable bonds is 3. The fraction of sp³-hybridized carbons (Fsp3) is 0.471. The molecule has 22 heavy (non-hydrogen) atoms. The summed E-state index contributed by atoms with van der Waals surface area (Å²) < 4.78 is 32.8. The molecule has 1 atom stereocenters. The van der Waals surface area contributed by atoms with E-state index in [1.807, 2.05) is 6.92 Å². The molecular formula is C17H20F2N2O. The van der Waals surface area contributed by atoms with Gasteiger partial charge in [0, 0.05) is 12.6 Å². The van der Waals surface area contributed by atoms with Gasteiger partial charge in [-0.1, -0.05) is 12.5 Å². The van der Waals surface area contributed by atoms with Gasteiger partial charge in [0.2, 0.25) is 5.89 Å². The Balaban J connectivity index is 1.86. The predicted octanol–water partition coefficient (Wildman–Crippen LogP) is 4.30. The van der Waals surface area contributed by atoms with Crippen LogP contribution >= 0.6 is 0 Å². The van der Waals surface area contributed by atoms with Gasteiger partial charge in [-0.15, -0.1) is 0 Å². The maximum absolute atomic E-state index is 13.9. The topological polar surface area (TPSA) is 29.3 Å². The molecule has 0 aliphatic carbocycles. The maximum Gasteiger partial charge on any atom is 0.229 e. The van der Waals surface area contributed by atoms with Gasteiger partial charge < -0.3 is 4.42 Å². The van der Waals surface area contributed by atoms with Crippen LogP contribution in [0.2, 0.25) is 0 Å². The summed E-state index contributed by atoms with van der Waals surface area (Å²) >= 11 is 0. The zero-order valence-electron chi connectivity index (χ0n) is 12.9. The second kappa shape index (κ2) is 6.16. The van der Waals surface area contributed by atoms with Crippen LogP contribution in [0.5, 0.6) is 0 Å². The van der Waals surface area contributed by atoms with E-state index in [9.17, 15) is 8.78 Å². The Morgan fingerprint density at radius 3 is 2.91 bits per heavy atom. The van der Waals surface area contributed by atoms with Gasteiger partial charge in [-0.2, -0.15) is 0 Å². The van der Waals surface area contributed by atoms with E-state index in [0.717, 1.165) is 18.3 Å². The molecule has 2 aromatic rings. The molecule has 3 nitrogen and oxygen atoms in total. The molecule has 1 saturated heterocycles. The molecule has 1 fully saturated rings. The predicted molar refractivity (Wildman–Crippen MR) is 80.3 cm³/mol. The zero-order chi connectivity index (χ0) is 15.7. The normalized spacial score (nSPS) is 19.5. The van der Waals surface area contributed by atoms with E-state index < -0.39 is 11.6 Å². The number of piperidine rings is 1. The number of likely N-dealkylation sites (tertiary alicyclic amines) is 1. The summed E-state index contributed by atoms with van der Waals surface area (Å²) in [5.74, 6) is -0.994. The van der Waals surface area contributed by atoms with Crippen molar-refractivity contribution in [3.05, 3.63) is 41.3 Å². The monoisotopic (exact) mass is 306 g/mol. The van der Waals surface area contributed by atoms with E-state index in [0.29, 0.717) is 18.3 Å². The molecule has 0 unspecified atom stereocenters. The van der Waals surface area contributed by atoms with Crippen LogP contribution < -0.4 is 0 Å². The second-order valence-electron chi connectivity index (χ2n) is 5.94. The summed E-state index contributed by atoms with van der Waals surface area (Å²) in [6, 6.07) is 4.54. The van der Waals surface area contributed by atoms with Crippen LogP contribution in [0.25, 0.3) is 11.5 Å². The fourth-order valence-electron chi connectivity index (χ4n) is 2.94. The number of hydrogen-bond acceptors (Lipinski definition) is 3. The molecule has 0 bridgehead atoms. The lowest BCUT2D eigenvalue weighted by Crippen LogP contribution is -2.37. The van der Waals surface area contributed by atoms with Crippen molar-refractivity contribution in [3.8, 4) is 11.5 Å². The average Bonchev–Trinajstić information content (AvgIpc) is 2.85. The first kappa shape index (κ1) is 15.2. The lowest BCUT2D eigenvalue weighted by Gasteiger charge is -2.32. The molecule has 0 amide bonds. The Bertz CT molecular complexity index is 669. The van der Waals surface area contributed by atoms with Crippen LogP contribution in [0.15, 0.2) is 22.6 Å². The number of nitrogens with zero attached hydrogens (tertiary/aromatic N) is 2. The van der Waals surface area contributed by atoms with Gasteiger partial charge in [-0.25, -0.2) is 13.8 Å². The summed E-state index contributed by atoms with van der Waals surface area (Å²) in [5, 5.41) is 0. The summed E-state index contributed by atoms with van der Waals surface area (Å²) in [6.45, 7) is 5.75. The number of halogens is 2. The quantitative estimate of drug-likeness (QED) is 0.846. The zero-order valence-corrected chi connectivity index (χ0v) is 12.9. The third-order valence-electron chi connectivity index (χ3n) is 4.37. The number of hydrogen-bond donors (Lipinski definition) is 0.